The molecular formula is C13H16N2O4. The van der Waals surface area contributed by atoms with Crippen LogP contribution >= 0.6 is 0 Å². The summed E-state index contributed by atoms with van der Waals surface area (Å²) in [7, 11) is 1.25. The highest BCUT2D eigenvalue weighted by Crippen LogP contribution is 2.29. The molecule has 0 radical (unpaired) electrons. The molecule has 0 atom stereocenters. The van der Waals surface area contributed by atoms with Gasteiger partial charge in [0, 0.05) is 12.1 Å². The molecule has 6 heteroatoms. The molecule has 1 saturated carbocycles. The minimum atomic E-state index is -0.574. The fourth-order valence-corrected chi connectivity index (χ4v) is 2.34. The monoisotopic (exact) mass is 264 g/mol. The number of carbonyl (C=O) groups is 1. The van der Waals surface area contributed by atoms with E-state index in [4.69, 9.17) is 0 Å². The number of carbonyl (C=O) groups excluding carboxylic acids is 1. The van der Waals surface area contributed by atoms with Gasteiger partial charge in [-0.2, -0.15) is 0 Å². The molecule has 0 bridgehead atoms. The summed E-state index contributed by atoms with van der Waals surface area (Å²) < 4.78 is 4.56. The Kier molecular flexibility index (Phi) is 3.99. The van der Waals surface area contributed by atoms with Crippen LogP contribution in [0.1, 0.15) is 36.0 Å². The van der Waals surface area contributed by atoms with Gasteiger partial charge in [0.25, 0.3) is 5.69 Å². The Bertz CT molecular complexity index is 495. The largest absolute Gasteiger partial charge is 0.465 e. The fraction of sp³-hybridized carbons (Fsp3) is 0.462. The number of hydrogen-bond donors (Lipinski definition) is 1. The summed E-state index contributed by atoms with van der Waals surface area (Å²) in [5.41, 5.74) is 0.561. The molecule has 102 valence electrons. The molecule has 0 heterocycles. The van der Waals surface area contributed by atoms with Gasteiger partial charge < -0.3 is 10.1 Å². The first-order valence-corrected chi connectivity index (χ1v) is 6.25. The average Bonchev–Trinajstić information content (AvgIpc) is 2.91. The van der Waals surface area contributed by atoms with E-state index < -0.39 is 10.9 Å². The molecule has 1 N–H and O–H groups in total. The highest BCUT2D eigenvalue weighted by molar-refractivity contribution is 5.91. The molecule has 0 amide bonds. The Morgan fingerprint density at radius 2 is 2.11 bits per heavy atom. The van der Waals surface area contributed by atoms with Crippen molar-refractivity contribution in [1.29, 1.82) is 0 Å². The lowest BCUT2D eigenvalue weighted by atomic mass is 10.1. The zero-order chi connectivity index (χ0) is 13.8. The second kappa shape index (κ2) is 5.69. The molecular weight excluding hydrogens is 248 g/mol. The maximum absolute atomic E-state index is 11.4. The van der Waals surface area contributed by atoms with Crippen molar-refractivity contribution in [3.8, 4) is 0 Å². The summed E-state index contributed by atoms with van der Waals surface area (Å²) in [4.78, 5) is 22.0. The van der Waals surface area contributed by atoms with Crippen molar-refractivity contribution in [2.45, 2.75) is 31.7 Å². The number of ether oxygens (including phenoxy) is 1. The number of nitro benzene ring substituents is 1. The standard InChI is InChI=1S/C13H16N2O4/c1-19-13(16)9-6-7-11(12(8-9)15(17)18)14-10-4-2-3-5-10/h6-8,10,14H,2-5H2,1H3. The lowest BCUT2D eigenvalue weighted by Gasteiger charge is -2.13. The van der Waals surface area contributed by atoms with E-state index in [2.05, 4.69) is 10.1 Å². The summed E-state index contributed by atoms with van der Waals surface area (Å²) in [6, 6.07) is 4.64. The first-order chi connectivity index (χ1) is 9.11. The van der Waals surface area contributed by atoms with Crippen molar-refractivity contribution in [3.05, 3.63) is 33.9 Å². The first-order valence-electron chi connectivity index (χ1n) is 6.25. The number of hydrogen-bond acceptors (Lipinski definition) is 5. The minimum absolute atomic E-state index is 0.0881. The molecule has 2 rings (SSSR count). The van der Waals surface area contributed by atoms with Crippen LogP contribution in [0.2, 0.25) is 0 Å². The fourth-order valence-electron chi connectivity index (χ4n) is 2.34. The van der Waals surface area contributed by atoms with Gasteiger partial charge in [-0.1, -0.05) is 12.8 Å². The average molecular weight is 264 g/mol. The van der Waals surface area contributed by atoms with Crippen LogP contribution in [-0.4, -0.2) is 24.0 Å². The van der Waals surface area contributed by atoms with Crippen molar-refractivity contribution in [2.75, 3.05) is 12.4 Å². The maximum atomic E-state index is 11.4. The highest BCUT2D eigenvalue weighted by Gasteiger charge is 2.21. The van der Waals surface area contributed by atoms with E-state index in [1.807, 2.05) is 0 Å². The van der Waals surface area contributed by atoms with Crippen LogP contribution < -0.4 is 5.32 Å². The lowest BCUT2D eigenvalue weighted by Crippen LogP contribution is -2.16. The van der Waals surface area contributed by atoms with Gasteiger partial charge in [-0.25, -0.2) is 4.79 Å². The minimum Gasteiger partial charge on any atom is -0.465 e. The normalized spacial score (nSPS) is 15.2. The number of esters is 1. The van der Waals surface area contributed by atoms with Crippen LogP contribution in [0.25, 0.3) is 0 Å². The van der Waals surface area contributed by atoms with Crippen LogP contribution in [0.4, 0.5) is 11.4 Å². The van der Waals surface area contributed by atoms with Gasteiger partial charge in [-0.3, -0.25) is 10.1 Å². The van der Waals surface area contributed by atoms with Crippen LogP contribution in [-0.2, 0) is 4.74 Å². The lowest BCUT2D eigenvalue weighted by molar-refractivity contribution is -0.384. The van der Waals surface area contributed by atoms with Gasteiger partial charge in [0.1, 0.15) is 5.69 Å². The molecule has 1 aliphatic rings. The highest BCUT2D eigenvalue weighted by atomic mass is 16.6. The van der Waals surface area contributed by atoms with Gasteiger partial charge in [0.05, 0.1) is 17.6 Å². The molecule has 6 nitrogen and oxygen atoms in total. The van der Waals surface area contributed by atoms with E-state index in [0.717, 1.165) is 25.7 Å². The van der Waals surface area contributed by atoms with E-state index in [0.29, 0.717) is 5.69 Å². The molecule has 19 heavy (non-hydrogen) atoms. The van der Waals surface area contributed by atoms with Crippen LogP contribution in [0.15, 0.2) is 18.2 Å². The zero-order valence-electron chi connectivity index (χ0n) is 10.7. The van der Waals surface area contributed by atoms with Crippen LogP contribution in [0.3, 0.4) is 0 Å². The van der Waals surface area contributed by atoms with Crippen molar-refractivity contribution in [3.63, 3.8) is 0 Å². The number of benzene rings is 1. The number of nitrogens with zero attached hydrogens (tertiary/aromatic N) is 1. The molecule has 1 aromatic rings. The van der Waals surface area contributed by atoms with Crippen LogP contribution in [0.5, 0.6) is 0 Å². The quantitative estimate of drug-likeness (QED) is 0.513. The molecule has 1 fully saturated rings. The Morgan fingerprint density at radius 3 is 2.68 bits per heavy atom. The summed E-state index contributed by atoms with van der Waals surface area (Å²) in [6.07, 6.45) is 4.34. The van der Waals surface area contributed by atoms with Crippen molar-refractivity contribution in [2.24, 2.45) is 0 Å². The summed E-state index contributed by atoms with van der Waals surface area (Å²) >= 11 is 0. The molecule has 0 saturated heterocycles. The predicted octanol–water partition coefficient (Wildman–Crippen LogP) is 2.74. The van der Waals surface area contributed by atoms with E-state index >= 15 is 0 Å². The van der Waals surface area contributed by atoms with Gasteiger partial charge in [-0.05, 0) is 25.0 Å². The maximum Gasteiger partial charge on any atom is 0.338 e. The molecule has 1 aliphatic carbocycles. The number of nitro groups is 1. The number of rotatable bonds is 4. The summed E-state index contributed by atoms with van der Waals surface area (Å²) in [5, 5.41) is 14.3. The Balaban J connectivity index is 2.26. The smallest absolute Gasteiger partial charge is 0.338 e. The third kappa shape index (κ3) is 3.01. The van der Waals surface area contributed by atoms with E-state index in [9.17, 15) is 14.9 Å². The topological polar surface area (TPSA) is 81.5 Å². The van der Waals surface area contributed by atoms with Gasteiger partial charge in [-0.15, -0.1) is 0 Å². The SMILES string of the molecule is COC(=O)c1ccc(NC2CCCC2)c([N+](=O)[O-])c1. The van der Waals surface area contributed by atoms with Crippen molar-refractivity contribution >= 4 is 17.3 Å². The number of anilines is 1. The van der Waals surface area contributed by atoms with Crippen LogP contribution in [0, 0.1) is 10.1 Å². The Hall–Kier alpha value is -2.11. The Morgan fingerprint density at radius 1 is 1.42 bits per heavy atom. The van der Waals surface area contributed by atoms with Gasteiger partial charge in [0.15, 0.2) is 0 Å². The number of methoxy groups -OCH3 is 1. The molecule has 0 aromatic heterocycles. The zero-order valence-corrected chi connectivity index (χ0v) is 10.7. The van der Waals surface area contributed by atoms with Gasteiger partial charge in [0.2, 0.25) is 0 Å². The number of nitrogens with one attached hydrogen (secondary N) is 1. The third-order valence-electron chi connectivity index (χ3n) is 3.33. The van der Waals surface area contributed by atoms with Crippen molar-refractivity contribution < 1.29 is 14.5 Å². The first kappa shape index (κ1) is 13.3. The predicted molar refractivity (Wildman–Crippen MR) is 70.3 cm³/mol. The van der Waals surface area contributed by atoms with E-state index in [1.165, 1.54) is 19.2 Å². The molecule has 0 aliphatic heterocycles. The third-order valence-corrected chi connectivity index (χ3v) is 3.33. The van der Waals surface area contributed by atoms with E-state index in [-0.39, 0.29) is 17.3 Å². The van der Waals surface area contributed by atoms with Gasteiger partial charge >= 0.3 is 5.97 Å². The summed E-state index contributed by atoms with van der Waals surface area (Å²) in [6.45, 7) is 0. The second-order valence-electron chi connectivity index (χ2n) is 4.61. The second-order valence-corrected chi connectivity index (χ2v) is 4.61. The summed E-state index contributed by atoms with van der Waals surface area (Å²) in [5.74, 6) is -0.574. The van der Waals surface area contributed by atoms with E-state index in [1.54, 1.807) is 6.07 Å². The van der Waals surface area contributed by atoms with Crippen molar-refractivity contribution in [1.82, 2.24) is 0 Å². The molecule has 0 spiro atoms. The molecule has 0 unspecified atom stereocenters. The molecule has 1 aromatic carbocycles. The Labute approximate surface area is 110 Å².